The Balaban J connectivity index is 2.25. The van der Waals surface area contributed by atoms with Crippen LogP contribution in [0.25, 0.3) is 0 Å². The molecular weight excluding hydrogens is 300 g/mol. The Kier molecular flexibility index (Phi) is 4.71. The predicted octanol–water partition coefficient (Wildman–Crippen LogP) is 1.91. The van der Waals surface area contributed by atoms with E-state index in [0.29, 0.717) is 18.2 Å². The minimum absolute atomic E-state index is 0.183. The van der Waals surface area contributed by atoms with Gasteiger partial charge in [-0.05, 0) is 24.6 Å². The topological polar surface area (TPSA) is 49.9 Å². The van der Waals surface area contributed by atoms with Gasteiger partial charge in [-0.2, -0.15) is 17.0 Å². The molecule has 1 aliphatic heterocycles. The molecule has 1 fully saturated rings. The van der Waals surface area contributed by atoms with Gasteiger partial charge in [0.2, 0.25) is 0 Å². The van der Waals surface area contributed by atoms with Crippen LogP contribution in [0.2, 0.25) is 5.02 Å². The number of halogens is 1. The second kappa shape index (κ2) is 5.99. The summed E-state index contributed by atoms with van der Waals surface area (Å²) >= 11 is 5.97. The standard InChI is InChI=1S/C13H19ClN2O3S/c1-10-9-19-13(11-5-4-6-12(14)7-11)8-16(10)20(17,18)15(2)3/h4-7,10,13H,8-9H2,1-3H3/t10-,13-/m1/s1. The summed E-state index contributed by atoms with van der Waals surface area (Å²) in [5.74, 6) is 0. The molecule has 0 aliphatic carbocycles. The number of hydrogen-bond acceptors (Lipinski definition) is 3. The normalized spacial score (nSPS) is 25.1. The molecule has 0 aromatic heterocycles. The van der Waals surface area contributed by atoms with Crippen LogP contribution in [0.5, 0.6) is 0 Å². The Hall–Kier alpha value is -0.660. The largest absolute Gasteiger partial charge is 0.370 e. The van der Waals surface area contributed by atoms with Crippen molar-refractivity contribution >= 4 is 21.8 Å². The lowest BCUT2D eigenvalue weighted by molar-refractivity contribution is -0.0302. The number of benzene rings is 1. The van der Waals surface area contributed by atoms with E-state index in [1.165, 1.54) is 22.7 Å². The molecule has 112 valence electrons. The third-order valence-electron chi connectivity index (χ3n) is 3.35. The number of rotatable bonds is 3. The van der Waals surface area contributed by atoms with Crippen LogP contribution in [-0.2, 0) is 14.9 Å². The Labute approximate surface area is 125 Å². The van der Waals surface area contributed by atoms with E-state index in [1.54, 1.807) is 6.07 Å². The summed E-state index contributed by atoms with van der Waals surface area (Å²) in [6.45, 7) is 2.50. The lowest BCUT2D eigenvalue weighted by Gasteiger charge is -2.38. The van der Waals surface area contributed by atoms with Crippen LogP contribution in [-0.4, -0.2) is 50.3 Å². The summed E-state index contributed by atoms with van der Waals surface area (Å²) in [6, 6.07) is 7.14. The molecule has 1 aromatic carbocycles. The Bertz CT molecular complexity index is 577. The average Bonchev–Trinajstić information content (AvgIpc) is 2.38. The van der Waals surface area contributed by atoms with E-state index in [0.717, 1.165) is 5.56 Å². The molecule has 0 unspecified atom stereocenters. The smallest absolute Gasteiger partial charge is 0.281 e. The fraction of sp³-hybridized carbons (Fsp3) is 0.538. The molecule has 0 N–H and O–H groups in total. The Morgan fingerprint density at radius 3 is 2.70 bits per heavy atom. The van der Waals surface area contributed by atoms with Gasteiger partial charge >= 0.3 is 0 Å². The lowest BCUT2D eigenvalue weighted by Crippen LogP contribution is -2.51. The van der Waals surface area contributed by atoms with Gasteiger partial charge in [-0.1, -0.05) is 23.7 Å². The Morgan fingerprint density at radius 1 is 1.40 bits per heavy atom. The number of ether oxygens (including phenoxy) is 1. The minimum atomic E-state index is -3.45. The predicted molar refractivity (Wildman–Crippen MR) is 78.9 cm³/mol. The van der Waals surface area contributed by atoms with Crippen LogP contribution in [0.4, 0.5) is 0 Å². The summed E-state index contributed by atoms with van der Waals surface area (Å²) < 4.78 is 33.1. The van der Waals surface area contributed by atoms with Gasteiger partial charge in [0.05, 0.1) is 12.7 Å². The summed E-state index contributed by atoms with van der Waals surface area (Å²) in [7, 11) is -0.379. The van der Waals surface area contributed by atoms with E-state index in [1.807, 2.05) is 25.1 Å². The number of nitrogens with zero attached hydrogens (tertiary/aromatic N) is 2. The third kappa shape index (κ3) is 3.15. The van der Waals surface area contributed by atoms with Gasteiger partial charge in [0.1, 0.15) is 0 Å². The summed E-state index contributed by atoms with van der Waals surface area (Å²) in [5, 5.41) is 0.617. The second-order valence-corrected chi connectivity index (χ2v) is 7.62. The van der Waals surface area contributed by atoms with E-state index < -0.39 is 10.2 Å². The van der Waals surface area contributed by atoms with Crippen LogP contribution in [0.1, 0.15) is 18.6 Å². The Morgan fingerprint density at radius 2 is 2.10 bits per heavy atom. The van der Waals surface area contributed by atoms with Gasteiger partial charge in [-0.3, -0.25) is 0 Å². The minimum Gasteiger partial charge on any atom is -0.370 e. The molecule has 0 saturated carbocycles. The molecule has 0 amide bonds. The van der Waals surface area contributed by atoms with Crippen LogP contribution < -0.4 is 0 Å². The highest BCUT2D eigenvalue weighted by atomic mass is 35.5. The molecule has 20 heavy (non-hydrogen) atoms. The van der Waals surface area contributed by atoms with Crippen molar-refractivity contribution in [2.75, 3.05) is 27.2 Å². The first-order valence-corrected chi connectivity index (χ1v) is 8.16. The molecule has 1 aliphatic rings. The number of morpholine rings is 1. The fourth-order valence-corrected chi connectivity index (χ4v) is 3.63. The van der Waals surface area contributed by atoms with Crippen LogP contribution in [0.15, 0.2) is 24.3 Å². The molecular formula is C13H19ClN2O3S. The molecule has 2 atom stereocenters. The SMILES string of the molecule is C[C@@H]1CO[C@@H](c2cccc(Cl)c2)CN1S(=O)(=O)N(C)C. The first-order chi connectivity index (χ1) is 9.32. The highest BCUT2D eigenvalue weighted by Gasteiger charge is 2.36. The van der Waals surface area contributed by atoms with E-state index in [9.17, 15) is 8.42 Å². The van der Waals surface area contributed by atoms with Crippen molar-refractivity contribution in [3.63, 3.8) is 0 Å². The molecule has 1 saturated heterocycles. The summed E-state index contributed by atoms with van der Waals surface area (Å²) in [5.41, 5.74) is 0.892. The average molecular weight is 319 g/mol. The summed E-state index contributed by atoms with van der Waals surface area (Å²) in [6.07, 6.45) is -0.292. The monoisotopic (exact) mass is 318 g/mol. The zero-order valence-corrected chi connectivity index (χ0v) is 13.4. The molecule has 7 heteroatoms. The molecule has 1 heterocycles. The maximum absolute atomic E-state index is 12.3. The van der Waals surface area contributed by atoms with Gasteiger partial charge in [-0.15, -0.1) is 0 Å². The molecule has 5 nitrogen and oxygen atoms in total. The van der Waals surface area contributed by atoms with Crippen molar-refractivity contribution in [1.29, 1.82) is 0 Å². The van der Waals surface area contributed by atoms with Crippen LogP contribution >= 0.6 is 11.6 Å². The molecule has 0 bridgehead atoms. The van der Waals surface area contributed by atoms with E-state index in [2.05, 4.69) is 0 Å². The third-order valence-corrected chi connectivity index (χ3v) is 5.61. The van der Waals surface area contributed by atoms with Gasteiger partial charge in [-0.25, -0.2) is 0 Å². The summed E-state index contributed by atoms with van der Waals surface area (Å²) in [4.78, 5) is 0. The van der Waals surface area contributed by atoms with E-state index in [4.69, 9.17) is 16.3 Å². The van der Waals surface area contributed by atoms with E-state index in [-0.39, 0.29) is 12.1 Å². The maximum Gasteiger partial charge on any atom is 0.281 e. The van der Waals surface area contributed by atoms with Gasteiger partial charge in [0.25, 0.3) is 10.2 Å². The zero-order chi connectivity index (χ0) is 14.9. The van der Waals surface area contributed by atoms with Gasteiger partial charge in [0, 0.05) is 31.7 Å². The van der Waals surface area contributed by atoms with Crippen molar-refractivity contribution in [1.82, 2.24) is 8.61 Å². The number of hydrogen-bond donors (Lipinski definition) is 0. The zero-order valence-electron chi connectivity index (χ0n) is 11.8. The lowest BCUT2D eigenvalue weighted by atomic mass is 10.1. The maximum atomic E-state index is 12.3. The van der Waals surface area contributed by atoms with Crippen LogP contribution in [0.3, 0.4) is 0 Å². The van der Waals surface area contributed by atoms with Crippen molar-refractivity contribution in [2.24, 2.45) is 0 Å². The van der Waals surface area contributed by atoms with Crippen molar-refractivity contribution < 1.29 is 13.2 Å². The van der Waals surface area contributed by atoms with Crippen molar-refractivity contribution in [3.8, 4) is 0 Å². The van der Waals surface area contributed by atoms with Crippen molar-refractivity contribution in [3.05, 3.63) is 34.9 Å². The van der Waals surface area contributed by atoms with Crippen molar-refractivity contribution in [2.45, 2.75) is 19.1 Å². The second-order valence-electron chi connectivity index (χ2n) is 5.09. The molecule has 2 rings (SSSR count). The fourth-order valence-electron chi connectivity index (χ4n) is 2.17. The first-order valence-electron chi connectivity index (χ1n) is 6.38. The quantitative estimate of drug-likeness (QED) is 0.855. The van der Waals surface area contributed by atoms with Gasteiger partial charge < -0.3 is 4.74 Å². The molecule has 0 radical (unpaired) electrons. The first kappa shape index (κ1) is 15.7. The highest BCUT2D eigenvalue weighted by molar-refractivity contribution is 7.86. The molecule has 0 spiro atoms. The molecule has 1 aromatic rings. The van der Waals surface area contributed by atoms with Gasteiger partial charge in [0.15, 0.2) is 0 Å². The van der Waals surface area contributed by atoms with Crippen LogP contribution in [0, 0.1) is 0 Å². The van der Waals surface area contributed by atoms with E-state index >= 15 is 0 Å². The highest BCUT2D eigenvalue weighted by Crippen LogP contribution is 2.28.